The maximum Gasteiger partial charge on any atom is 0.416 e. The molecule has 2 aromatic rings. The van der Waals surface area contributed by atoms with E-state index in [-0.39, 0.29) is 16.8 Å². The van der Waals surface area contributed by atoms with E-state index in [9.17, 15) is 18.4 Å². The number of nitrogens with two attached hydrogens (primary N) is 1. The number of nitrogen functional groups attached to an aromatic ring is 1. The highest BCUT2D eigenvalue weighted by atomic mass is 19.4. The van der Waals surface area contributed by atoms with Gasteiger partial charge in [-0.2, -0.15) is 18.4 Å². The van der Waals surface area contributed by atoms with Crippen LogP contribution in [0.4, 0.5) is 19.0 Å². The lowest BCUT2D eigenvalue weighted by Gasteiger charge is -2.35. The molecule has 3 nitrogen and oxygen atoms in total. The number of alkyl halides is 3. The van der Waals surface area contributed by atoms with Crippen LogP contribution < -0.4 is 5.73 Å². The zero-order valence-electron chi connectivity index (χ0n) is 15.6. The van der Waals surface area contributed by atoms with Crippen LogP contribution in [-0.4, -0.2) is 4.98 Å². The lowest BCUT2D eigenvalue weighted by molar-refractivity contribution is -0.137. The summed E-state index contributed by atoms with van der Waals surface area (Å²) in [4.78, 5) is 4.39. The molecule has 0 bridgehead atoms. The number of aromatic nitrogens is 1. The number of rotatable bonds is 1. The molecule has 27 heavy (non-hydrogen) atoms. The van der Waals surface area contributed by atoms with Gasteiger partial charge in [0.25, 0.3) is 0 Å². The molecule has 0 fully saturated rings. The van der Waals surface area contributed by atoms with E-state index in [1.807, 2.05) is 0 Å². The zero-order chi connectivity index (χ0) is 20.0. The van der Waals surface area contributed by atoms with Gasteiger partial charge < -0.3 is 5.73 Å². The van der Waals surface area contributed by atoms with Crippen molar-refractivity contribution in [2.45, 2.75) is 46.2 Å². The van der Waals surface area contributed by atoms with Gasteiger partial charge in [0.15, 0.2) is 0 Å². The molecule has 1 heterocycles. The Kier molecular flexibility index (Phi) is 4.67. The first-order chi connectivity index (χ1) is 12.5. The maximum atomic E-state index is 13.2. The lowest BCUT2D eigenvalue weighted by Crippen LogP contribution is -2.28. The van der Waals surface area contributed by atoms with Gasteiger partial charge in [-0.25, -0.2) is 4.98 Å². The van der Waals surface area contributed by atoms with Crippen LogP contribution in [0.25, 0.3) is 11.1 Å². The van der Waals surface area contributed by atoms with Crippen LogP contribution in [0, 0.1) is 22.7 Å². The molecule has 1 atom stereocenters. The molecule has 0 radical (unpaired) electrons. The van der Waals surface area contributed by atoms with E-state index >= 15 is 0 Å². The molecule has 0 saturated carbocycles. The summed E-state index contributed by atoms with van der Waals surface area (Å²) in [6.45, 7) is 6.47. The first-order valence-corrected chi connectivity index (χ1v) is 8.91. The highest BCUT2D eigenvalue weighted by molar-refractivity contribution is 5.79. The Balaban J connectivity index is 2.24. The fourth-order valence-corrected chi connectivity index (χ4v) is 3.80. The summed E-state index contributed by atoms with van der Waals surface area (Å²) in [6.07, 6.45) is -2.13. The third-order valence-corrected chi connectivity index (χ3v) is 5.41. The van der Waals surface area contributed by atoms with E-state index < -0.39 is 11.7 Å². The van der Waals surface area contributed by atoms with Crippen LogP contribution in [0.1, 0.15) is 49.6 Å². The van der Waals surface area contributed by atoms with Crippen molar-refractivity contribution in [2.75, 3.05) is 5.73 Å². The van der Waals surface area contributed by atoms with Crippen LogP contribution in [0.2, 0.25) is 0 Å². The Bertz CT molecular complexity index is 918. The van der Waals surface area contributed by atoms with Crippen molar-refractivity contribution in [1.82, 2.24) is 4.98 Å². The van der Waals surface area contributed by atoms with Crippen molar-refractivity contribution in [2.24, 2.45) is 11.3 Å². The molecule has 1 aromatic heterocycles. The Morgan fingerprint density at radius 2 is 1.93 bits per heavy atom. The molecule has 0 amide bonds. The molecule has 142 valence electrons. The van der Waals surface area contributed by atoms with E-state index in [1.54, 1.807) is 6.07 Å². The molecular weight excluding hydrogens is 351 g/mol. The van der Waals surface area contributed by atoms with Crippen molar-refractivity contribution in [3.8, 4) is 17.2 Å². The number of halogens is 3. The molecule has 0 aliphatic heterocycles. The molecule has 1 aliphatic rings. The second kappa shape index (κ2) is 6.56. The van der Waals surface area contributed by atoms with Gasteiger partial charge in [0.05, 0.1) is 5.56 Å². The van der Waals surface area contributed by atoms with Crippen molar-refractivity contribution in [3.05, 3.63) is 46.6 Å². The van der Waals surface area contributed by atoms with Gasteiger partial charge in [-0.3, -0.25) is 0 Å². The number of nitrogens with zero attached hydrogens (tertiary/aromatic N) is 2. The summed E-state index contributed by atoms with van der Waals surface area (Å²) in [5, 5.41) is 9.62. The van der Waals surface area contributed by atoms with E-state index in [0.29, 0.717) is 29.9 Å². The number of pyridine rings is 1. The highest BCUT2D eigenvalue weighted by Gasteiger charge is 2.34. The summed E-state index contributed by atoms with van der Waals surface area (Å²) in [6, 6.07) is 7.15. The van der Waals surface area contributed by atoms with Crippen LogP contribution >= 0.6 is 0 Å². The molecule has 2 N–H and O–H groups in total. The molecule has 1 unspecified atom stereocenters. The van der Waals surface area contributed by atoms with Gasteiger partial charge >= 0.3 is 6.18 Å². The maximum absolute atomic E-state index is 13.2. The van der Waals surface area contributed by atoms with Crippen LogP contribution in [0.15, 0.2) is 24.3 Å². The Morgan fingerprint density at radius 1 is 1.22 bits per heavy atom. The van der Waals surface area contributed by atoms with E-state index in [0.717, 1.165) is 29.8 Å². The fraction of sp³-hybridized carbons (Fsp3) is 0.429. The summed E-state index contributed by atoms with van der Waals surface area (Å²) in [5.74, 6) is 0.435. The van der Waals surface area contributed by atoms with Crippen molar-refractivity contribution >= 4 is 5.82 Å². The first-order valence-electron chi connectivity index (χ1n) is 8.91. The van der Waals surface area contributed by atoms with Crippen molar-refractivity contribution in [1.29, 1.82) is 5.26 Å². The standard InChI is InChI=1S/C21H22F3N3/c1-20(2,3)13-7-8-17-15(10-13)18(16(11-25)19(26)27-17)12-5-4-6-14(9-12)21(22,23)24/h4-6,9,13H,7-8,10H2,1-3H3,(H2,26,27). The van der Waals surface area contributed by atoms with Crippen LogP contribution in [-0.2, 0) is 19.0 Å². The predicted molar refractivity (Wildman–Crippen MR) is 98.8 cm³/mol. The largest absolute Gasteiger partial charge is 0.416 e. The van der Waals surface area contributed by atoms with Gasteiger partial charge in [0.2, 0.25) is 0 Å². The SMILES string of the molecule is CC(C)(C)C1CCc2nc(N)c(C#N)c(-c3cccc(C(F)(F)F)c3)c2C1. The smallest absolute Gasteiger partial charge is 0.383 e. The van der Waals surface area contributed by atoms with E-state index in [1.165, 1.54) is 6.07 Å². The summed E-state index contributed by atoms with van der Waals surface area (Å²) >= 11 is 0. The van der Waals surface area contributed by atoms with Gasteiger partial charge in [-0.15, -0.1) is 0 Å². The number of nitriles is 1. The molecular formula is C21H22F3N3. The number of hydrogen-bond acceptors (Lipinski definition) is 3. The number of anilines is 1. The second-order valence-electron chi connectivity index (χ2n) is 8.17. The first kappa shape index (κ1) is 19.2. The molecule has 6 heteroatoms. The second-order valence-corrected chi connectivity index (χ2v) is 8.17. The van der Waals surface area contributed by atoms with Crippen molar-refractivity contribution in [3.63, 3.8) is 0 Å². The molecule has 1 aromatic carbocycles. The van der Waals surface area contributed by atoms with Gasteiger partial charge in [0.1, 0.15) is 17.5 Å². The Morgan fingerprint density at radius 3 is 2.52 bits per heavy atom. The monoisotopic (exact) mass is 373 g/mol. The average Bonchev–Trinajstić information content (AvgIpc) is 2.58. The average molecular weight is 373 g/mol. The van der Waals surface area contributed by atoms with Gasteiger partial charge in [0, 0.05) is 11.3 Å². The predicted octanol–water partition coefficient (Wildman–Crippen LogP) is 5.37. The quantitative estimate of drug-likeness (QED) is 0.731. The number of fused-ring (bicyclic) bond motifs is 1. The lowest BCUT2D eigenvalue weighted by atomic mass is 9.70. The fourth-order valence-electron chi connectivity index (χ4n) is 3.80. The normalized spacial score (nSPS) is 17.3. The third kappa shape index (κ3) is 3.64. The molecule has 1 aliphatic carbocycles. The topological polar surface area (TPSA) is 62.7 Å². The number of hydrogen-bond donors (Lipinski definition) is 1. The van der Waals surface area contributed by atoms with Gasteiger partial charge in [-0.1, -0.05) is 32.9 Å². The van der Waals surface area contributed by atoms with Crippen LogP contribution in [0.5, 0.6) is 0 Å². The molecule has 0 saturated heterocycles. The van der Waals surface area contributed by atoms with Gasteiger partial charge in [-0.05, 0) is 53.9 Å². The third-order valence-electron chi connectivity index (χ3n) is 5.41. The minimum Gasteiger partial charge on any atom is -0.383 e. The Hall–Kier alpha value is -2.55. The minimum absolute atomic E-state index is 0.0526. The van der Waals surface area contributed by atoms with Crippen LogP contribution in [0.3, 0.4) is 0 Å². The summed E-state index contributed by atoms with van der Waals surface area (Å²) in [5.41, 5.74) is 7.96. The van der Waals surface area contributed by atoms with E-state index in [2.05, 4.69) is 31.8 Å². The molecule has 0 spiro atoms. The minimum atomic E-state index is -4.45. The number of aryl methyl sites for hydroxylation is 1. The Labute approximate surface area is 157 Å². The summed E-state index contributed by atoms with van der Waals surface area (Å²) < 4.78 is 39.6. The summed E-state index contributed by atoms with van der Waals surface area (Å²) in [7, 11) is 0. The van der Waals surface area contributed by atoms with Crippen molar-refractivity contribution < 1.29 is 13.2 Å². The van der Waals surface area contributed by atoms with E-state index in [4.69, 9.17) is 5.73 Å². The highest BCUT2D eigenvalue weighted by Crippen LogP contribution is 2.43. The zero-order valence-corrected chi connectivity index (χ0v) is 15.6. The molecule has 3 rings (SSSR count). The number of benzene rings is 1.